The van der Waals surface area contributed by atoms with E-state index >= 15 is 0 Å². The predicted molar refractivity (Wildman–Crippen MR) is 273 cm³/mol. The zero-order valence-electron chi connectivity index (χ0n) is 35.8. The Balaban J connectivity index is 0.000000265. The average molecular weight is 1170 g/mol. The molecule has 0 aliphatic heterocycles. The van der Waals surface area contributed by atoms with Crippen LogP contribution in [0, 0.1) is 23.3 Å². The molecular formula is C51H43Cl6F4N2O4PRh. The van der Waals surface area contributed by atoms with Crippen LogP contribution < -0.4 is 15.9 Å². The van der Waals surface area contributed by atoms with Crippen molar-refractivity contribution < 1.29 is 51.8 Å². The van der Waals surface area contributed by atoms with E-state index in [1.807, 2.05) is 0 Å². The molecule has 6 nitrogen and oxygen atoms in total. The summed E-state index contributed by atoms with van der Waals surface area (Å²) in [5, 5.41) is 4.37. The number of carbonyl (C=O) groups excluding carboxylic acids is 2. The standard InChI is InChI=1S/C18H15P.C16H13Cl2F2NO2.C16H11Cl2F2NO2.CH4.2ClH.Rh/c1-4-10-16(11-5-1)19(17-12-6-2-7-13-17)18-14-8-3-9-15-18;2*1-2-23-15(22)6-5-11-12(8-14(17)21-16(11)18)10-4-3-9(19)7-13(10)20;;;;/h1-15H;3-4,7-8H,2,5-6H2,1H3;3-8H,2H2,1H3;1H4;2*1H;/q;;;;;;+2/p-2/b;;6-5+;;;;. The van der Waals surface area contributed by atoms with Gasteiger partial charge in [-0.1, -0.05) is 145 Å². The molecule has 0 radical (unpaired) electrons. The minimum Gasteiger partial charge on any atom is -0.0622 e. The summed E-state index contributed by atoms with van der Waals surface area (Å²) in [5.41, 5.74) is 1.60. The number of aromatic nitrogens is 2. The SMILES string of the molecule is C.CCOC(=O)/C=C/c1c(-c2ccc(F)cc2F)cc(Cl)nc1Cl.CCOC(=O)CCc1c(-c2ccc(F)cc2F)cc(Cl)nc1Cl.[Cl][Rh][Cl].c1ccc(P(c2ccccc2)c2ccccc2)cc1. The van der Waals surface area contributed by atoms with Crippen LogP contribution in [0.1, 0.15) is 38.8 Å². The van der Waals surface area contributed by atoms with Gasteiger partial charge in [-0.2, -0.15) is 0 Å². The number of hydrogen-bond acceptors (Lipinski definition) is 6. The maximum absolute atomic E-state index is 14.1. The second-order valence-electron chi connectivity index (χ2n) is 13.5. The Morgan fingerprint density at radius 1 is 0.594 bits per heavy atom. The number of ether oxygens (including phenoxy) is 2. The van der Waals surface area contributed by atoms with Gasteiger partial charge in [-0.05, 0) is 103 Å². The van der Waals surface area contributed by atoms with Crippen molar-refractivity contribution in [2.45, 2.75) is 34.1 Å². The van der Waals surface area contributed by atoms with Crippen LogP contribution in [-0.4, -0.2) is 35.1 Å². The number of rotatable bonds is 12. The topological polar surface area (TPSA) is 78.4 Å². The Morgan fingerprint density at radius 3 is 1.45 bits per heavy atom. The molecule has 0 saturated carbocycles. The van der Waals surface area contributed by atoms with Gasteiger partial charge in [-0.25, -0.2) is 32.3 Å². The summed E-state index contributed by atoms with van der Waals surface area (Å²) in [5.74, 6) is -3.91. The summed E-state index contributed by atoms with van der Waals surface area (Å²) in [4.78, 5) is 30.7. The van der Waals surface area contributed by atoms with Crippen molar-refractivity contribution >= 4 is 108 Å². The zero-order valence-corrected chi connectivity index (χ0v) is 42.9. The molecule has 0 spiro atoms. The molecular weight excluding hydrogens is 1130 g/mol. The van der Waals surface area contributed by atoms with Gasteiger partial charge in [0, 0.05) is 41.3 Å². The minimum atomic E-state index is -0.783. The van der Waals surface area contributed by atoms with Gasteiger partial charge in [0.15, 0.2) is 0 Å². The molecule has 365 valence electrons. The molecule has 0 saturated heterocycles. The summed E-state index contributed by atoms with van der Waals surface area (Å²) < 4.78 is 63.9. The van der Waals surface area contributed by atoms with Crippen LogP contribution in [0.4, 0.5) is 17.6 Å². The third-order valence-electron chi connectivity index (χ3n) is 9.07. The molecule has 0 amide bonds. The van der Waals surface area contributed by atoms with Gasteiger partial charge in [-0.3, -0.25) is 4.79 Å². The van der Waals surface area contributed by atoms with E-state index < -0.39 is 43.1 Å². The predicted octanol–water partition coefficient (Wildman–Crippen LogP) is 15.2. The molecule has 7 rings (SSSR count). The first-order chi connectivity index (χ1) is 32.7. The van der Waals surface area contributed by atoms with E-state index in [1.165, 1.54) is 46.3 Å². The molecule has 2 heterocycles. The van der Waals surface area contributed by atoms with Gasteiger partial charge in [0.2, 0.25) is 0 Å². The van der Waals surface area contributed by atoms with Crippen LogP contribution in [0.2, 0.25) is 20.6 Å². The van der Waals surface area contributed by atoms with E-state index in [4.69, 9.17) is 75.3 Å². The number of hydrogen-bond donors (Lipinski definition) is 0. The van der Waals surface area contributed by atoms with Gasteiger partial charge < -0.3 is 9.47 Å². The van der Waals surface area contributed by atoms with Gasteiger partial charge in [0.05, 0.1) is 13.2 Å². The first-order valence-corrected chi connectivity index (χ1v) is 27.2. The van der Waals surface area contributed by atoms with Crippen molar-refractivity contribution in [3.05, 3.63) is 201 Å². The molecule has 5 aromatic carbocycles. The van der Waals surface area contributed by atoms with Crippen molar-refractivity contribution in [3.63, 3.8) is 0 Å². The molecule has 0 atom stereocenters. The minimum absolute atomic E-state index is 0. The van der Waals surface area contributed by atoms with Crippen LogP contribution in [0.5, 0.6) is 0 Å². The maximum Gasteiger partial charge on any atom is -0.0134 e. The largest absolute Gasteiger partial charge is 0.0622 e. The summed E-state index contributed by atoms with van der Waals surface area (Å²) in [7, 11) is 9.22. The number of nitrogens with zero attached hydrogens (tertiary/aromatic N) is 2. The third kappa shape index (κ3) is 18.7. The van der Waals surface area contributed by atoms with E-state index in [-0.39, 0.29) is 91.5 Å². The molecule has 7 aromatic rings. The molecule has 69 heavy (non-hydrogen) atoms. The smallest absolute Gasteiger partial charge is 0.0134 e. The van der Waals surface area contributed by atoms with Crippen LogP contribution in [0.25, 0.3) is 28.3 Å². The summed E-state index contributed by atoms with van der Waals surface area (Å²) in [6.45, 7) is 3.86. The van der Waals surface area contributed by atoms with Crippen molar-refractivity contribution in [1.29, 1.82) is 0 Å². The Hall–Kier alpha value is -4.41. The van der Waals surface area contributed by atoms with Crippen molar-refractivity contribution in [1.82, 2.24) is 9.97 Å². The fraction of sp³-hybridized carbons (Fsp3) is 0.137. The molecule has 0 unspecified atom stereocenters. The number of esters is 2. The molecule has 18 heteroatoms. The number of benzene rings is 5. The quantitative estimate of drug-likeness (QED) is 0.0303. The Morgan fingerprint density at radius 2 is 1.01 bits per heavy atom. The fourth-order valence-electron chi connectivity index (χ4n) is 6.26. The monoisotopic (exact) mass is 1170 g/mol. The van der Waals surface area contributed by atoms with E-state index in [9.17, 15) is 27.2 Å². The maximum atomic E-state index is 14.1. The Labute approximate surface area is 436 Å². The molecule has 2 aromatic heterocycles. The summed E-state index contributed by atoms with van der Waals surface area (Å²) in [6, 6.07) is 41.5. The molecule has 0 bridgehead atoms. The van der Waals surface area contributed by atoms with E-state index in [1.54, 1.807) is 13.8 Å². The zero-order chi connectivity index (χ0) is 49.6. The molecule has 0 fully saturated rings. The Bertz CT molecular complexity index is 2680. The normalized spacial score (nSPS) is 10.4. The fourth-order valence-corrected chi connectivity index (χ4v) is 9.58. The second-order valence-corrected chi connectivity index (χ2v) is 19.7. The number of halogens is 10. The number of carbonyl (C=O) groups is 2. The van der Waals surface area contributed by atoms with E-state index in [0.29, 0.717) is 11.1 Å². The van der Waals surface area contributed by atoms with Gasteiger partial charge in [0.25, 0.3) is 0 Å². The van der Waals surface area contributed by atoms with E-state index in [0.717, 1.165) is 30.3 Å². The van der Waals surface area contributed by atoms with Crippen molar-refractivity contribution in [2.24, 2.45) is 0 Å². The summed E-state index contributed by atoms with van der Waals surface area (Å²) in [6.07, 6.45) is 2.76. The second kappa shape index (κ2) is 31.0. The molecule has 0 aliphatic carbocycles. The van der Waals surface area contributed by atoms with Crippen LogP contribution >= 0.6 is 73.7 Å². The van der Waals surface area contributed by atoms with Crippen LogP contribution in [-0.2, 0) is 40.6 Å². The molecule has 0 N–H and O–H groups in total. The van der Waals surface area contributed by atoms with E-state index in [2.05, 4.69) is 101 Å². The van der Waals surface area contributed by atoms with Crippen molar-refractivity contribution in [2.75, 3.05) is 13.2 Å². The van der Waals surface area contributed by atoms with Crippen molar-refractivity contribution in [3.8, 4) is 22.3 Å². The first-order valence-electron chi connectivity index (χ1n) is 20.1. The van der Waals surface area contributed by atoms with Gasteiger partial charge in [0.1, 0.15) is 43.9 Å². The Kier molecular flexibility index (Phi) is 26.5. The summed E-state index contributed by atoms with van der Waals surface area (Å²) >= 11 is 23.6. The van der Waals surface area contributed by atoms with Gasteiger partial charge in [-0.15, -0.1) is 0 Å². The van der Waals surface area contributed by atoms with Crippen LogP contribution in [0.15, 0.2) is 146 Å². The molecule has 0 aliphatic rings. The third-order valence-corrected chi connectivity index (χ3v) is 12.5. The first kappa shape index (κ1) is 58.9. The van der Waals surface area contributed by atoms with Gasteiger partial charge >= 0.3 is 46.5 Å². The van der Waals surface area contributed by atoms with Crippen LogP contribution in [0.3, 0.4) is 0 Å². The average Bonchev–Trinajstić information content (AvgIpc) is 3.30. The number of pyridine rings is 2.